The molecular weight excluding hydrogens is 312 g/mol. The molecule has 2 unspecified atom stereocenters. The molecule has 0 saturated carbocycles. The molecule has 1 fully saturated rings. The second-order valence-corrected chi connectivity index (χ2v) is 7.57. The van der Waals surface area contributed by atoms with Crippen molar-refractivity contribution in [2.75, 3.05) is 20.1 Å². The fraction of sp³-hybridized carbons (Fsp3) is 0.611. The molecule has 0 spiro atoms. The molecule has 4 nitrogen and oxygen atoms in total. The molecule has 5 heteroatoms. The monoisotopic (exact) mass is 338 g/mol. The lowest BCUT2D eigenvalue weighted by Crippen LogP contribution is -2.39. The van der Waals surface area contributed by atoms with Gasteiger partial charge in [-0.1, -0.05) is 29.8 Å². The average molecular weight is 339 g/mol. The Morgan fingerprint density at radius 3 is 2.74 bits per heavy atom. The van der Waals surface area contributed by atoms with E-state index in [2.05, 4.69) is 11.4 Å². The quantitative estimate of drug-likeness (QED) is 0.909. The Morgan fingerprint density at radius 2 is 2.13 bits per heavy atom. The van der Waals surface area contributed by atoms with Crippen LogP contribution in [0.1, 0.15) is 32.8 Å². The molecule has 1 amide bonds. The molecule has 128 valence electrons. The Balaban J connectivity index is 1.96. The van der Waals surface area contributed by atoms with Gasteiger partial charge < -0.3 is 15.0 Å². The molecule has 1 aromatic rings. The molecule has 1 aliphatic heterocycles. The first-order valence-corrected chi connectivity index (χ1v) is 8.56. The molecule has 23 heavy (non-hydrogen) atoms. The van der Waals surface area contributed by atoms with Crippen LogP contribution in [0.15, 0.2) is 24.3 Å². The lowest BCUT2D eigenvalue weighted by molar-refractivity contribution is 0.0285. The average Bonchev–Trinajstić information content (AvgIpc) is 2.94. The second-order valence-electron chi connectivity index (χ2n) is 7.17. The van der Waals surface area contributed by atoms with Crippen molar-refractivity contribution in [1.29, 1.82) is 0 Å². The number of likely N-dealkylation sites (N-methyl/N-ethyl adjacent to an activating group) is 1. The van der Waals surface area contributed by atoms with Crippen molar-refractivity contribution < 1.29 is 9.53 Å². The number of ether oxygens (including phenoxy) is 1. The number of carbonyl (C=O) groups is 1. The fourth-order valence-electron chi connectivity index (χ4n) is 3.01. The molecular formula is C18H27ClN2O2. The number of nitrogens with zero attached hydrogens (tertiary/aromatic N) is 1. The van der Waals surface area contributed by atoms with Gasteiger partial charge in [-0.05, 0) is 58.2 Å². The van der Waals surface area contributed by atoms with Gasteiger partial charge in [0.2, 0.25) is 0 Å². The highest BCUT2D eigenvalue weighted by Crippen LogP contribution is 2.26. The third-order valence-corrected chi connectivity index (χ3v) is 4.58. The van der Waals surface area contributed by atoms with E-state index in [0.717, 1.165) is 36.5 Å². The van der Waals surface area contributed by atoms with Crippen molar-refractivity contribution in [2.24, 2.45) is 5.92 Å². The Labute approximate surface area is 144 Å². The van der Waals surface area contributed by atoms with Crippen molar-refractivity contribution in [3.05, 3.63) is 34.9 Å². The van der Waals surface area contributed by atoms with E-state index in [1.807, 2.05) is 50.9 Å². The Kier molecular flexibility index (Phi) is 5.93. The minimum absolute atomic E-state index is 0.215. The maximum absolute atomic E-state index is 12.2. The summed E-state index contributed by atoms with van der Waals surface area (Å²) in [5.74, 6) is 0.406. The van der Waals surface area contributed by atoms with Gasteiger partial charge in [0, 0.05) is 24.2 Å². The van der Waals surface area contributed by atoms with E-state index >= 15 is 0 Å². The van der Waals surface area contributed by atoms with E-state index < -0.39 is 5.60 Å². The predicted octanol–water partition coefficient (Wildman–Crippen LogP) is 3.73. The lowest BCUT2D eigenvalue weighted by Gasteiger charge is -2.26. The fourth-order valence-corrected chi connectivity index (χ4v) is 3.23. The van der Waals surface area contributed by atoms with Gasteiger partial charge in [-0.15, -0.1) is 0 Å². The van der Waals surface area contributed by atoms with Crippen LogP contribution in [-0.4, -0.2) is 42.8 Å². The lowest BCUT2D eigenvalue weighted by atomic mass is 9.93. The van der Waals surface area contributed by atoms with Gasteiger partial charge in [-0.2, -0.15) is 0 Å². The smallest absolute Gasteiger partial charge is 0.410 e. The maximum atomic E-state index is 12.2. The number of halogens is 1. The summed E-state index contributed by atoms with van der Waals surface area (Å²) < 4.78 is 5.47. The van der Waals surface area contributed by atoms with E-state index in [0.29, 0.717) is 12.0 Å². The maximum Gasteiger partial charge on any atom is 0.410 e. The molecule has 0 radical (unpaired) electrons. The Hall–Kier alpha value is -1.26. The zero-order chi connectivity index (χ0) is 17.0. The summed E-state index contributed by atoms with van der Waals surface area (Å²) in [5.41, 5.74) is 0.694. The summed E-state index contributed by atoms with van der Waals surface area (Å²) in [7, 11) is 1.97. The molecule has 2 rings (SSSR count). The van der Waals surface area contributed by atoms with E-state index in [1.165, 1.54) is 0 Å². The third kappa shape index (κ3) is 5.11. The van der Waals surface area contributed by atoms with Gasteiger partial charge in [0.1, 0.15) is 5.60 Å². The third-order valence-electron chi connectivity index (χ3n) is 4.21. The van der Waals surface area contributed by atoms with E-state index in [9.17, 15) is 4.79 Å². The van der Waals surface area contributed by atoms with Crippen LogP contribution < -0.4 is 5.32 Å². The normalized spacial score (nSPS) is 19.7. The highest BCUT2D eigenvalue weighted by Gasteiger charge is 2.33. The zero-order valence-corrected chi connectivity index (χ0v) is 15.2. The molecule has 1 aromatic carbocycles. The summed E-state index contributed by atoms with van der Waals surface area (Å²) in [6.45, 7) is 7.16. The topological polar surface area (TPSA) is 41.6 Å². The first-order valence-electron chi connectivity index (χ1n) is 8.19. The Morgan fingerprint density at radius 1 is 1.43 bits per heavy atom. The van der Waals surface area contributed by atoms with E-state index in [-0.39, 0.29) is 6.09 Å². The minimum Gasteiger partial charge on any atom is -0.444 e. The molecule has 1 N–H and O–H groups in total. The Bertz CT molecular complexity index is 542. The zero-order valence-electron chi connectivity index (χ0n) is 14.4. The van der Waals surface area contributed by atoms with Crippen molar-refractivity contribution in [1.82, 2.24) is 10.2 Å². The van der Waals surface area contributed by atoms with Crippen LogP contribution in [0.2, 0.25) is 5.02 Å². The summed E-state index contributed by atoms with van der Waals surface area (Å²) >= 11 is 6.27. The highest BCUT2D eigenvalue weighted by atomic mass is 35.5. The number of benzene rings is 1. The number of rotatable bonds is 4. The molecule has 1 saturated heterocycles. The number of carbonyl (C=O) groups excluding carboxylic acids is 1. The van der Waals surface area contributed by atoms with Crippen molar-refractivity contribution in [2.45, 2.75) is 45.3 Å². The van der Waals surface area contributed by atoms with E-state index in [4.69, 9.17) is 16.3 Å². The van der Waals surface area contributed by atoms with Crippen LogP contribution in [0.25, 0.3) is 0 Å². The standard InChI is InChI=1S/C18H27ClN2O2/c1-18(2,3)23-17(22)21-10-9-14(12-21)16(20-4)11-13-7-5-6-8-15(13)19/h5-8,14,16,20H,9-12H2,1-4H3. The van der Waals surface area contributed by atoms with Crippen LogP contribution in [0.5, 0.6) is 0 Å². The van der Waals surface area contributed by atoms with Gasteiger partial charge in [0.05, 0.1) is 0 Å². The number of likely N-dealkylation sites (tertiary alicyclic amines) is 1. The second kappa shape index (κ2) is 7.54. The van der Waals surface area contributed by atoms with Crippen LogP contribution in [0.3, 0.4) is 0 Å². The number of hydrogen-bond acceptors (Lipinski definition) is 3. The number of amides is 1. The molecule has 0 aliphatic carbocycles. The highest BCUT2D eigenvalue weighted by molar-refractivity contribution is 6.31. The van der Waals surface area contributed by atoms with Crippen molar-refractivity contribution in [3.63, 3.8) is 0 Å². The van der Waals surface area contributed by atoms with Crippen molar-refractivity contribution >= 4 is 17.7 Å². The van der Waals surface area contributed by atoms with Crippen LogP contribution in [0.4, 0.5) is 4.79 Å². The minimum atomic E-state index is -0.449. The first kappa shape index (κ1) is 18.1. The predicted molar refractivity (Wildman–Crippen MR) is 93.9 cm³/mol. The summed E-state index contributed by atoms with van der Waals surface area (Å²) in [5, 5.41) is 4.19. The van der Waals surface area contributed by atoms with Gasteiger partial charge in [-0.25, -0.2) is 4.79 Å². The van der Waals surface area contributed by atoms with Crippen LogP contribution in [-0.2, 0) is 11.2 Å². The summed E-state index contributed by atoms with van der Waals surface area (Å²) in [6.07, 6.45) is 1.63. The van der Waals surface area contributed by atoms with Crippen molar-refractivity contribution in [3.8, 4) is 0 Å². The molecule has 1 heterocycles. The molecule has 0 aromatic heterocycles. The van der Waals surface area contributed by atoms with Gasteiger partial charge in [0.25, 0.3) is 0 Å². The van der Waals surface area contributed by atoms with Gasteiger partial charge in [0.15, 0.2) is 0 Å². The molecule has 0 bridgehead atoms. The van der Waals surface area contributed by atoms with E-state index in [1.54, 1.807) is 0 Å². The molecule has 2 atom stereocenters. The van der Waals surface area contributed by atoms with Crippen LogP contribution in [0, 0.1) is 5.92 Å². The van der Waals surface area contributed by atoms with Gasteiger partial charge >= 0.3 is 6.09 Å². The molecule has 1 aliphatic rings. The summed E-state index contributed by atoms with van der Waals surface area (Å²) in [6, 6.07) is 8.23. The number of hydrogen-bond donors (Lipinski definition) is 1. The van der Waals surface area contributed by atoms with Crippen LogP contribution >= 0.6 is 11.6 Å². The first-order chi connectivity index (χ1) is 10.8. The number of nitrogens with one attached hydrogen (secondary N) is 1. The summed E-state index contributed by atoms with van der Waals surface area (Å²) in [4.78, 5) is 14.0. The SMILES string of the molecule is CNC(Cc1ccccc1Cl)C1CCN(C(=O)OC(C)(C)C)C1. The largest absolute Gasteiger partial charge is 0.444 e. The van der Waals surface area contributed by atoms with Gasteiger partial charge in [-0.3, -0.25) is 0 Å².